The summed E-state index contributed by atoms with van der Waals surface area (Å²) in [5, 5.41) is 0.952. The van der Waals surface area contributed by atoms with Gasteiger partial charge in [-0.2, -0.15) is 0 Å². The molecule has 1 aromatic rings. The number of benzene rings is 1. The SMILES string of the molecule is CC(C)c1c(C2CC2)cc(Cl)cc1C1CC1. The summed E-state index contributed by atoms with van der Waals surface area (Å²) in [4.78, 5) is 0. The monoisotopic (exact) mass is 234 g/mol. The zero-order valence-electron chi connectivity index (χ0n) is 10.1. The summed E-state index contributed by atoms with van der Waals surface area (Å²) < 4.78 is 0. The fraction of sp³-hybridized carbons (Fsp3) is 0.600. The Morgan fingerprint density at radius 1 is 1.00 bits per heavy atom. The third kappa shape index (κ3) is 1.88. The van der Waals surface area contributed by atoms with E-state index in [1.807, 2.05) is 0 Å². The van der Waals surface area contributed by atoms with E-state index in [4.69, 9.17) is 11.6 Å². The van der Waals surface area contributed by atoms with E-state index < -0.39 is 0 Å². The fourth-order valence-corrected chi connectivity index (χ4v) is 3.03. The molecular formula is C15H19Cl. The van der Waals surface area contributed by atoms with Gasteiger partial charge < -0.3 is 0 Å². The summed E-state index contributed by atoms with van der Waals surface area (Å²) in [6, 6.07) is 4.45. The van der Waals surface area contributed by atoms with Gasteiger partial charge in [0.25, 0.3) is 0 Å². The van der Waals surface area contributed by atoms with E-state index in [1.165, 1.54) is 25.7 Å². The van der Waals surface area contributed by atoms with Gasteiger partial charge in [-0.05, 0) is 72.3 Å². The van der Waals surface area contributed by atoms with Crippen molar-refractivity contribution < 1.29 is 0 Å². The van der Waals surface area contributed by atoms with E-state index in [-0.39, 0.29) is 0 Å². The van der Waals surface area contributed by atoms with Crippen molar-refractivity contribution in [2.75, 3.05) is 0 Å². The molecular weight excluding hydrogens is 216 g/mol. The average Bonchev–Trinajstić information content (AvgIpc) is 3.09. The van der Waals surface area contributed by atoms with Gasteiger partial charge in [-0.15, -0.1) is 0 Å². The molecule has 0 N–H and O–H groups in total. The molecule has 86 valence electrons. The minimum atomic E-state index is 0.642. The van der Waals surface area contributed by atoms with Gasteiger partial charge in [0.2, 0.25) is 0 Å². The summed E-state index contributed by atoms with van der Waals surface area (Å²) >= 11 is 6.27. The van der Waals surface area contributed by atoms with Crippen molar-refractivity contribution >= 4 is 11.6 Å². The Balaban J connectivity index is 2.13. The average molecular weight is 235 g/mol. The van der Waals surface area contributed by atoms with E-state index in [0.717, 1.165) is 16.9 Å². The van der Waals surface area contributed by atoms with Crippen molar-refractivity contribution in [1.29, 1.82) is 0 Å². The van der Waals surface area contributed by atoms with Gasteiger partial charge in [0, 0.05) is 5.02 Å². The second-order valence-electron chi connectivity index (χ2n) is 5.70. The van der Waals surface area contributed by atoms with E-state index in [1.54, 1.807) is 16.7 Å². The lowest BCUT2D eigenvalue weighted by atomic mass is 9.88. The van der Waals surface area contributed by atoms with Crippen LogP contribution in [0.25, 0.3) is 0 Å². The molecule has 16 heavy (non-hydrogen) atoms. The maximum absolute atomic E-state index is 6.27. The van der Waals surface area contributed by atoms with Crippen LogP contribution in [0, 0.1) is 0 Å². The van der Waals surface area contributed by atoms with Crippen LogP contribution in [0.2, 0.25) is 5.02 Å². The Morgan fingerprint density at radius 3 is 1.75 bits per heavy atom. The lowest BCUT2D eigenvalue weighted by Crippen LogP contribution is -2.01. The quantitative estimate of drug-likeness (QED) is 0.673. The van der Waals surface area contributed by atoms with Crippen molar-refractivity contribution in [3.05, 3.63) is 33.8 Å². The lowest BCUT2D eigenvalue weighted by molar-refractivity contribution is 0.818. The fourth-order valence-electron chi connectivity index (χ4n) is 2.79. The summed E-state index contributed by atoms with van der Waals surface area (Å²) in [5.41, 5.74) is 4.74. The number of halogens is 1. The summed E-state index contributed by atoms with van der Waals surface area (Å²) in [6.45, 7) is 4.64. The van der Waals surface area contributed by atoms with Crippen molar-refractivity contribution in [3.8, 4) is 0 Å². The van der Waals surface area contributed by atoms with Crippen molar-refractivity contribution in [2.45, 2.75) is 57.3 Å². The normalized spacial score (nSPS) is 20.5. The van der Waals surface area contributed by atoms with Gasteiger partial charge in [-0.1, -0.05) is 25.4 Å². The van der Waals surface area contributed by atoms with Crippen LogP contribution in [-0.4, -0.2) is 0 Å². The molecule has 0 saturated heterocycles. The summed E-state index contributed by atoms with van der Waals surface area (Å²) in [6.07, 6.45) is 5.46. The second-order valence-corrected chi connectivity index (χ2v) is 6.14. The Morgan fingerprint density at radius 2 is 1.44 bits per heavy atom. The largest absolute Gasteiger partial charge is 0.0843 e. The molecule has 0 bridgehead atoms. The number of hydrogen-bond acceptors (Lipinski definition) is 0. The molecule has 1 heteroatoms. The molecule has 3 rings (SSSR count). The molecule has 0 amide bonds. The van der Waals surface area contributed by atoms with Gasteiger partial charge >= 0.3 is 0 Å². The van der Waals surface area contributed by atoms with Gasteiger partial charge in [-0.25, -0.2) is 0 Å². The number of hydrogen-bond donors (Lipinski definition) is 0. The Bertz CT molecular complexity index is 378. The first-order chi connectivity index (χ1) is 7.66. The van der Waals surface area contributed by atoms with Crippen molar-refractivity contribution in [2.24, 2.45) is 0 Å². The molecule has 0 aromatic heterocycles. The maximum Gasteiger partial charge on any atom is 0.0411 e. The number of rotatable bonds is 3. The molecule has 0 spiro atoms. The van der Waals surface area contributed by atoms with Gasteiger partial charge in [-0.3, -0.25) is 0 Å². The molecule has 0 aliphatic heterocycles. The van der Waals surface area contributed by atoms with Gasteiger partial charge in [0.15, 0.2) is 0 Å². The summed E-state index contributed by atoms with van der Waals surface area (Å²) in [5.74, 6) is 2.27. The zero-order valence-corrected chi connectivity index (χ0v) is 10.8. The lowest BCUT2D eigenvalue weighted by Gasteiger charge is -2.18. The Kier molecular flexibility index (Phi) is 2.51. The van der Waals surface area contributed by atoms with E-state index in [9.17, 15) is 0 Å². The molecule has 2 saturated carbocycles. The van der Waals surface area contributed by atoms with Gasteiger partial charge in [0.05, 0.1) is 0 Å². The Hall–Kier alpha value is -0.490. The highest BCUT2D eigenvalue weighted by Gasteiger charge is 2.33. The molecule has 0 heterocycles. The minimum Gasteiger partial charge on any atom is -0.0843 e. The second kappa shape index (κ2) is 3.77. The molecule has 2 aliphatic rings. The van der Waals surface area contributed by atoms with E-state index in [0.29, 0.717) is 5.92 Å². The third-order valence-corrected chi connectivity index (χ3v) is 4.04. The highest BCUT2D eigenvalue weighted by molar-refractivity contribution is 6.30. The Labute approximate surface area is 103 Å². The molecule has 1 aromatic carbocycles. The standard InChI is InChI=1S/C15H19Cl/c1-9(2)15-13(10-3-4-10)7-12(16)8-14(15)11-5-6-11/h7-11H,3-6H2,1-2H3. The van der Waals surface area contributed by atoms with Crippen LogP contribution in [0.5, 0.6) is 0 Å². The van der Waals surface area contributed by atoms with Crippen LogP contribution >= 0.6 is 11.6 Å². The van der Waals surface area contributed by atoms with E-state index in [2.05, 4.69) is 26.0 Å². The maximum atomic E-state index is 6.27. The first kappa shape index (κ1) is 10.7. The molecule has 0 nitrogen and oxygen atoms in total. The van der Waals surface area contributed by atoms with Crippen LogP contribution in [-0.2, 0) is 0 Å². The summed E-state index contributed by atoms with van der Waals surface area (Å²) in [7, 11) is 0. The predicted octanol–water partition coefficient (Wildman–Crippen LogP) is 5.22. The topological polar surface area (TPSA) is 0 Å². The van der Waals surface area contributed by atoms with Crippen LogP contribution in [0.3, 0.4) is 0 Å². The molecule has 0 radical (unpaired) electrons. The zero-order chi connectivity index (χ0) is 11.3. The first-order valence-electron chi connectivity index (χ1n) is 6.50. The highest BCUT2D eigenvalue weighted by Crippen LogP contribution is 2.50. The van der Waals surface area contributed by atoms with Crippen LogP contribution < -0.4 is 0 Å². The third-order valence-electron chi connectivity index (χ3n) is 3.82. The van der Waals surface area contributed by atoms with Crippen molar-refractivity contribution in [1.82, 2.24) is 0 Å². The minimum absolute atomic E-state index is 0.642. The van der Waals surface area contributed by atoms with Crippen LogP contribution in [0.1, 0.15) is 74.0 Å². The van der Waals surface area contributed by atoms with Crippen molar-refractivity contribution in [3.63, 3.8) is 0 Å². The van der Waals surface area contributed by atoms with E-state index >= 15 is 0 Å². The highest BCUT2D eigenvalue weighted by atomic mass is 35.5. The predicted molar refractivity (Wildman–Crippen MR) is 69.5 cm³/mol. The molecule has 0 unspecified atom stereocenters. The first-order valence-corrected chi connectivity index (χ1v) is 6.88. The van der Waals surface area contributed by atoms with Crippen LogP contribution in [0.15, 0.2) is 12.1 Å². The molecule has 2 aliphatic carbocycles. The van der Waals surface area contributed by atoms with Crippen LogP contribution in [0.4, 0.5) is 0 Å². The van der Waals surface area contributed by atoms with Gasteiger partial charge in [0.1, 0.15) is 0 Å². The molecule has 2 fully saturated rings. The smallest absolute Gasteiger partial charge is 0.0411 e. The molecule has 0 atom stereocenters.